The topological polar surface area (TPSA) is 69.9 Å². The van der Waals surface area contributed by atoms with E-state index in [2.05, 4.69) is 4.99 Å². The summed E-state index contributed by atoms with van der Waals surface area (Å²) in [5.41, 5.74) is 3.13. The van der Waals surface area contributed by atoms with Crippen LogP contribution >= 0.6 is 34.5 Å². The van der Waals surface area contributed by atoms with Crippen molar-refractivity contribution < 1.29 is 14.3 Å². The molecule has 0 N–H and O–H groups in total. The van der Waals surface area contributed by atoms with Gasteiger partial charge in [0.25, 0.3) is 5.56 Å². The highest BCUT2D eigenvalue weighted by atomic mass is 35.5. The number of esters is 1. The minimum Gasteiger partial charge on any atom is -0.489 e. The number of allylic oxidation sites excluding steroid dienone is 1. The minimum absolute atomic E-state index is 0.212. The van der Waals surface area contributed by atoms with Gasteiger partial charge in [-0.15, -0.1) is 0 Å². The Kier molecular flexibility index (Phi) is 8.02. The second kappa shape index (κ2) is 11.6. The van der Waals surface area contributed by atoms with Crippen molar-refractivity contribution in [1.82, 2.24) is 4.57 Å². The molecule has 3 aromatic carbocycles. The first-order valence-electron chi connectivity index (χ1n) is 12.3. The van der Waals surface area contributed by atoms with E-state index in [0.29, 0.717) is 43.0 Å². The number of aromatic nitrogens is 1. The predicted octanol–water partition coefficient (Wildman–Crippen LogP) is 5.68. The van der Waals surface area contributed by atoms with E-state index in [9.17, 15) is 9.59 Å². The quantitative estimate of drug-likeness (QED) is 0.264. The lowest BCUT2D eigenvalue weighted by Crippen LogP contribution is -2.39. The standard InChI is InChI=1S/C30H24Cl2N2O4S/c1-3-37-29(36)26-18(2)33-30-34(27(26)21-9-13-23(32)14-10-21)28(35)25(39-30)16-20-5-4-6-24(15-20)38-17-19-7-11-22(31)12-8-19/h4-16,27H,3,17H2,1-2H3. The van der Waals surface area contributed by atoms with Gasteiger partial charge in [-0.05, 0) is 73.0 Å². The summed E-state index contributed by atoms with van der Waals surface area (Å²) in [5.74, 6) is 0.171. The average molecular weight is 580 g/mol. The molecular formula is C30H24Cl2N2O4S. The molecule has 0 spiro atoms. The normalized spacial score (nSPS) is 15.1. The van der Waals surface area contributed by atoms with Crippen molar-refractivity contribution in [2.75, 3.05) is 6.61 Å². The summed E-state index contributed by atoms with van der Waals surface area (Å²) in [7, 11) is 0. The van der Waals surface area contributed by atoms with Crippen molar-refractivity contribution in [3.63, 3.8) is 0 Å². The van der Waals surface area contributed by atoms with Crippen molar-refractivity contribution in [2.45, 2.75) is 26.5 Å². The van der Waals surface area contributed by atoms with Crippen LogP contribution in [0.4, 0.5) is 0 Å². The summed E-state index contributed by atoms with van der Waals surface area (Å²) >= 11 is 13.4. The number of fused-ring (bicyclic) bond motifs is 1. The third-order valence-corrected chi connectivity index (χ3v) is 7.66. The Balaban J connectivity index is 1.53. The molecule has 0 fully saturated rings. The molecule has 0 aliphatic carbocycles. The first-order chi connectivity index (χ1) is 18.8. The molecule has 0 saturated carbocycles. The van der Waals surface area contributed by atoms with E-state index in [1.165, 1.54) is 11.3 Å². The Hall–Kier alpha value is -3.65. The second-order valence-electron chi connectivity index (χ2n) is 8.84. The largest absolute Gasteiger partial charge is 0.489 e. The summed E-state index contributed by atoms with van der Waals surface area (Å²) in [6.07, 6.45) is 1.81. The van der Waals surface area contributed by atoms with Crippen molar-refractivity contribution in [3.8, 4) is 5.75 Å². The lowest BCUT2D eigenvalue weighted by atomic mass is 9.96. The monoisotopic (exact) mass is 578 g/mol. The van der Waals surface area contributed by atoms with Gasteiger partial charge in [0.05, 0.1) is 28.5 Å². The van der Waals surface area contributed by atoms with Crippen LogP contribution in [0, 0.1) is 0 Å². The van der Waals surface area contributed by atoms with Crippen LogP contribution in [0.1, 0.15) is 36.6 Å². The number of ether oxygens (including phenoxy) is 2. The molecule has 0 amide bonds. The van der Waals surface area contributed by atoms with Crippen molar-refractivity contribution in [1.29, 1.82) is 0 Å². The molecule has 4 aromatic rings. The van der Waals surface area contributed by atoms with E-state index in [1.54, 1.807) is 36.6 Å². The van der Waals surface area contributed by atoms with E-state index < -0.39 is 12.0 Å². The van der Waals surface area contributed by atoms with E-state index >= 15 is 0 Å². The molecule has 2 heterocycles. The van der Waals surface area contributed by atoms with E-state index in [4.69, 9.17) is 32.7 Å². The van der Waals surface area contributed by atoms with Gasteiger partial charge in [-0.25, -0.2) is 9.79 Å². The van der Waals surface area contributed by atoms with Crippen LogP contribution in [0.3, 0.4) is 0 Å². The van der Waals surface area contributed by atoms with E-state index in [-0.39, 0.29) is 12.2 Å². The van der Waals surface area contributed by atoms with Gasteiger partial charge in [0.1, 0.15) is 12.4 Å². The molecule has 5 rings (SSSR count). The van der Waals surface area contributed by atoms with Crippen LogP contribution in [-0.2, 0) is 16.1 Å². The number of rotatable bonds is 7. The summed E-state index contributed by atoms with van der Waals surface area (Å²) in [5, 5.41) is 1.23. The molecule has 0 saturated heterocycles. The van der Waals surface area contributed by atoms with Gasteiger partial charge in [0.2, 0.25) is 0 Å². The van der Waals surface area contributed by atoms with Crippen LogP contribution in [-0.4, -0.2) is 17.1 Å². The van der Waals surface area contributed by atoms with Crippen LogP contribution in [0.5, 0.6) is 5.75 Å². The van der Waals surface area contributed by atoms with Crippen molar-refractivity contribution >= 4 is 46.6 Å². The zero-order chi connectivity index (χ0) is 27.5. The zero-order valence-electron chi connectivity index (χ0n) is 21.2. The first-order valence-corrected chi connectivity index (χ1v) is 13.8. The number of hydrogen-bond donors (Lipinski definition) is 0. The highest BCUT2D eigenvalue weighted by Crippen LogP contribution is 2.31. The lowest BCUT2D eigenvalue weighted by Gasteiger charge is -2.24. The van der Waals surface area contributed by atoms with E-state index in [0.717, 1.165) is 16.7 Å². The molecule has 1 aliphatic heterocycles. The number of halogens is 2. The van der Waals surface area contributed by atoms with Crippen molar-refractivity contribution in [2.24, 2.45) is 4.99 Å². The molecule has 1 aliphatic rings. The number of benzene rings is 3. The van der Waals surface area contributed by atoms with Gasteiger partial charge in [0.15, 0.2) is 4.80 Å². The average Bonchev–Trinajstić information content (AvgIpc) is 3.22. The van der Waals surface area contributed by atoms with Gasteiger partial charge in [-0.1, -0.05) is 70.9 Å². The third kappa shape index (κ3) is 5.86. The molecule has 1 unspecified atom stereocenters. The lowest BCUT2D eigenvalue weighted by molar-refractivity contribution is -0.139. The van der Waals surface area contributed by atoms with Gasteiger partial charge in [0, 0.05) is 10.0 Å². The SMILES string of the molecule is CCOC(=O)C1=C(C)N=c2sc(=Cc3cccc(OCc4ccc(Cl)cc4)c3)c(=O)n2C1c1ccc(Cl)cc1. The number of thiazole rings is 1. The predicted molar refractivity (Wildman–Crippen MR) is 154 cm³/mol. The summed E-state index contributed by atoms with van der Waals surface area (Å²) < 4.78 is 13.3. The Morgan fingerprint density at radius 3 is 2.44 bits per heavy atom. The molecule has 1 aromatic heterocycles. The molecular weight excluding hydrogens is 555 g/mol. The molecule has 1 atom stereocenters. The first kappa shape index (κ1) is 26.9. The van der Waals surface area contributed by atoms with Crippen LogP contribution < -0.4 is 19.6 Å². The van der Waals surface area contributed by atoms with Gasteiger partial charge in [-0.2, -0.15) is 0 Å². The number of carbonyl (C=O) groups is 1. The fourth-order valence-corrected chi connectivity index (χ4v) is 5.64. The van der Waals surface area contributed by atoms with Crippen LogP contribution in [0.15, 0.2) is 93.9 Å². The van der Waals surface area contributed by atoms with Crippen molar-refractivity contribution in [3.05, 3.63) is 130 Å². The molecule has 198 valence electrons. The third-order valence-electron chi connectivity index (χ3n) is 6.18. The smallest absolute Gasteiger partial charge is 0.338 e. The second-order valence-corrected chi connectivity index (χ2v) is 10.7. The van der Waals surface area contributed by atoms with Gasteiger partial charge in [-0.3, -0.25) is 9.36 Å². The highest BCUT2D eigenvalue weighted by molar-refractivity contribution is 7.07. The summed E-state index contributed by atoms with van der Waals surface area (Å²) in [6.45, 7) is 4.10. The van der Waals surface area contributed by atoms with Gasteiger partial charge >= 0.3 is 5.97 Å². The fraction of sp³-hybridized carbons (Fsp3) is 0.167. The maximum Gasteiger partial charge on any atom is 0.338 e. The maximum atomic E-state index is 13.8. The molecule has 9 heteroatoms. The summed E-state index contributed by atoms with van der Waals surface area (Å²) in [4.78, 5) is 31.9. The number of carbonyl (C=O) groups excluding carboxylic acids is 1. The minimum atomic E-state index is -0.686. The molecule has 0 bridgehead atoms. The summed E-state index contributed by atoms with van der Waals surface area (Å²) in [6, 6.07) is 21.4. The van der Waals surface area contributed by atoms with Gasteiger partial charge < -0.3 is 9.47 Å². The fourth-order valence-electron chi connectivity index (χ4n) is 4.34. The maximum absolute atomic E-state index is 13.8. The molecule has 39 heavy (non-hydrogen) atoms. The Bertz CT molecular complexity index is 1740. The van der Waals surface area contributed by atoms with E-state index in [1.807, 2.05) is 60.7 Å². The Morgan fingerprint density at radius 2 is 1.74 bits per heavy atom. The Labute approximate surface area is 239 Å². The highest BCUT2D eigenvalue weighted by Gasteiger charge is 2.33. The molecule has 6 nitrogen and oxygen atoms in total. The van der Waals surface area contributed by atoms with Crippen LogP contribution in [0.25, 0.3) is 6.08 Å². The Morgan fingerprint density at radius 1 is 1.05 bits per heavy atom. The number of nitrogens with zero attached hydrogens (tertiary/aromatic N) is 2. The zero-order valence-corrected chi connectivity index (χ0v) is 23.5. The van der Waals surface area contributed by atoms with Crippen LogP contribution in [0.2, 0.25) is 10.0 Å². The molecule has 0 radical (unpaired) electrons. The number of hydrogen-bond acceptors (Lipinski definition) is 6.